The van der Waals surface area contributed by atoms with E-state index in [9.17, 15) is 14.9 Å². The van der Waals surface area contributed by atoms with E-state index in [-0.39, 0.29) is 23.1 Å². The highest BCUT2D eigenvalue weighted by Gasteiger charge is 2.08. The first-order valence-corrected chi connectivity index (χ1v) is 6.53. The van der Waals surface area contributed by atoms with Crippen molar-refractivity contribution in [3.63, 3.8) is 0 Å². The standard InChI is InChI=1S/C14H16N4O3/c1-10(2)17-7-6-15-13(14(17)19)16-9-11-4-3-5-12(8-11)18(20)21/h3-8,10H,9H2,1-2H3,(H,15,16). The lowest BCUT2D eigenvalue weighted by Gasteiger charge is -2.11. The second-order valence-electron chi connectivity index (χ2n) is 4.86. The molecule has 0 spiro atoms. The largest absolute Gasteiger partial charge is 0.361 e. The molecule has 2 aromatic rings. The fraction of sp³-hybridized carbons (Fsp3) is 0.286. The highest BCUT2D eigenvalue weighted by molar-refractivity contribution is 5.38. The zero-order valence-corrected chi connectivity index (χ0v) is 11.8. The van der Waals surface area contributed by atoms with Crippen LogP contribution < -0.4 is 10.9 Å². The number of benzene rings is 1. The van der Waals surface area contributed by atoms with Crippen LogP contribution in [0.1, 0.15) is 25.5 Å². The Morgan fingerprint density at radius 2 is 2.19 bits per heavy atom. The number of rotatable bonds is 5. The normalized spacial score (nSPS) is 10.6. The van der Waals surface area contributed by atoms with Gasteiger partial charge in [-0.25, -0.2) is 4.98 Å². The maximum Gasteiger partial charge on any atom is 0.293 e. The SMILES string of the molecule is CC(C)n1ccnc(NCc2cccc([N+](=O)[O-])c2)c1=O. The number of hydrogen-bond donors (Lipinski definition) is 1. The van der Waals surface area contributed by atoms with Gasteiger partial charge in [-0.05, 0) is 19.4 Å². The second-order valence-corrected chi connectivity index (χ2v) is 4.86. The molecule has 0 aliphatic rings. The second kappa shape index (κ2) is 6.17. The number of non-ortho nitro benzene ring substituents is 1. The van der Waals surface area contributed by atoms with Crippen LogP contribution in [-0.4, -0.2) is 14.5 Å². The van der Waals surface area contributed by atoms with Gasteiger partial charge in [-0.3, -0.25) is 14.9 Å². The van der Waals surface area contributed by atoms with Crippen molar-refractivity contribution in [3.8, 4) is 0 Å². The molecule has 0 unspecified atom stereocenters. The van der Waals surface area contributed by atoms with Crippen molar-refractivity contribution < 1.29 is 4.92 Å². The molecule has 0 fully saturated rings. The van der Waals surface area contributed by atoms with Crippen LogP contribution in [0, 0.1) is 10.1 Å². The molecule has 1 heterocycles. The van der Waals surface area contributed by atoms with Crippen molar-refractivity contribution in [3.05, 3.63) is 62.7 Å². The summed E-state index contributed by atoms with van der Waals surface area (Å²) < 4.78 is 1.57. The summed E-state index contributed by atoms with van der Waals surface area (Å²) >= 11 is 0. The zero-order chi connectivity index (χ0) is 15.4. The van der Waals surface area contributed by atoms with Crippen LogP contribution in [0.15, 0.2) is 41.5 Å². The third-order valence-corrected chi connectivity index (χ3v) is 3.01. The summed E-state index contributed by atoms with van der Waals surface area (Å²) in [5, 5.41) is 13.6. The van der Waals surface area contributed by atoms with Crippen molar-refractivity contribution in [2.45, 2.75) is 26.4 Å². The fourth-order valence-corrected chi connectivity index (χ4v) is 1.92. The summed E-state index contributed by atoms with van der Waals surface area (Å²) in [6.07, 6.45) is 3.18. The minimum atomic E-state index is -0.448. The van der Waals surface area contributed by atoms with Gasteiger partial charge < -0.3 is 9.88 Å². The summed E-state index contributed by atoms with van der Waals surface area (Å²) in [6.45, 7) is 4.11. The zero-order valence-electron chi connectivity index (χ0n) is 11.8. The maximum absolute atomic E-state index is 12.1. The monoisotopic (exact) mass is 288 g/mol. The minimum absolute atomic E-state index is 0.0231. The summed E-state index contributed by atoms with van der Waals surface area (Å²) in [4.78, 5) is 26.4. The molecule has 0 saturated heterocycles. The highest BCUT2D eigenvalue weighted by Crippen LogP contribution is 2.13. The predicted octanol–water partition coefficient (Wildman–Crippen LogP) is 2.34. The number of nitro groups is 1. The van der Waals surface area contributed by atoms with Gasteiger partial charge in [-0.1, -0.05) is 12.1 Å². The predicted molar refractivity (Wildman–Crippen MR) is 79.3 cm³/mol. The van der Waals surface area contributed by atoms with Crippen molar-refractivity contribution in [1.29, 1.82) is 0 Å². The van der Waals surface area contributed by atoms with Crippen molar-refractivity contribution >= 4 is 11.5 Å². The van der Waals surface area contributed by atoms with Gasteiger partial charge >= 0.3 is 0 Å². The van der Waals surface area contributed by atoms with Crippen molar-refractivity contribution in [2.75, 3.05) is 5.32 Å². The van der Waals surface area contributed by atoms with Gasteiger partial charge in [-0.2, -0.15) is 0 Å². The van der Waals surface area contributed by atoms with Gasteiger partial charge in [0.15, 0.2) is 5.82 Å². The van der Waals surface area contributed by atoms with Crippen LogP contribution >= 0.6 is 0 Å². The van der Waals surface area contributed by atoms with E-state index in [1.165, 1.54) is 12.1 Å². The van der Waals surface area contributed by atoms with E-state index < -0.39 is 4.92 Å². The van der Waals surface area contributed by atoms with Crippen LogP contribution in [0.2, 0.25) is 0 Å². The summed E-state index contributed by atoms with van der Waals surface area (Å²) in [5.41, 5.74) is 0.526. The summed E-state index contributed by atoms with van der Waals surface area (Å²) in [5.74, 6) is 0.234. The van der Waals surface area contributed by atoms with E-state index in [1.54, 1.807) is 29.1 Å². The number of nitrogens with one attached hydrogen (secondary N) is 1. The molecule has 1 aromatic carbocycles. The molecule has 21 heavy (non-hydrogen) atoms. The van der Waals surface area contributed by atoms with Gasteiger partial charge in [0.25, 0.3) is 11.2 Å². The Morgan fingerprint density at radius 1 is 1.43 bits per heavy atom. The Morgan fingerprint density at radius 3 is 2.86 bits per heavy atom. The molecule has 1 aromatic heterocycles. The molecular formula is C14H16N4O3. The highest BCUT2D eigenvalue weighted by atomic mass is 16.6. The van der Waals surface area contributed by atoms with Crippen LogP contribution in [-0.2, 0) is 6.54 Å². The third-order valence-electron chi connectivity index (χ3n) is 3.01. The van der Waals surface area contributed by atoms with E-state index in [0.717, 1.165) is 0 Å². The first kappa shape index (κ1) is 14.7. The van der Waals surface area contributed by atoms with Crippen LogP contribution in [0.25, 0.3) is 0 Å². The van der Waals surface area contributed by atoms with E-state index in [2.05, 4.69) is 10.3 Å². The fourth-order valence-electron chi connectivity index (χ4n) is 1.92. The first-order valence-electron chi connectivity index (χ1n) is 6.53. The Bertz CT molecular complexity index is 709. The molecular weight excluding hydrogens is 272 g/mol. The van der Waals surface area contributed by atoms with Gasteiger partial charge in [0, 0.05) is 37.1 Å². The molecule has 0 radical (unpaired) electrons. The lowest BCUT2D eigenvalue weighted by Crippen LogP contribution is -2.25. The van der Waals surface area contributed by atoms with Crippen LogP contribution in [0.5, 0.6) is 0 Å². The number of nitrogens with zero attached hydrogens (tertiary/aromatic N) is 3. The molecule has 0 bridgehead atoms. The van der Waals surface area contributed by atoms with Crippen molar-refractivity contribution in [1.82, 2.24) is 9.55 Å². The van der Waals surface area contributed by atoms with E-state index in [0.29, 0.717) is 12.1 Å². The van der Waals surface area contributed by atoms with E-state index in [4.69, 9.17) is 0 Å². The maximum atomic E-state index is 12.1. The van der Waals surface area contributed by atoms with Gasteiger partial charge in [-0.15, -0.1) is 0 Å². The minimum Gasteiger partial charge on any atom is -0.361 e. The molecule has 0 aliphatic heterocycles. The average Bonchev–Trinajstić information content (AvgIpc) is 2.46. The van der Waals surface area contributed by atoms with Gasteiger partial charge in [0.1, 0.15) is 0 Å². The lowest BCUT2D eigenvalue weighted by molar-refractivity contribution is -0.384. The topological polar surface area (TPSA) is 90.1 Å². The Hall–Kier alpha value is -2.70. The molecule has 0 aliphatic carbocycles. The number of aromatic nitrogens is 2. The molecule has 2 rings (SSSR count). The molecule has 1 N–H and O–H groups in total. The lowest BCUT2D eigenvalue weighted by atomic mass is 10.2. The van der Waals surface area contributed by atoms with E-state index >= 15 is 0 Å². The smallest absolute Gasteiger partial charge is 0.293 e. The molecule has 7 nitrogen and oxygen atoms in total. The van der Waals surface area contributed by atoms with E-state index in [1.807, 2.05) is 13.8 Å². The number of nitro benzene ring substituents is 1. The molecule has 110 valence electrons. The average molecular weight is 288 g/mol. The third kappa shape index (κ3) is 3.44. The Kier molecular flexibility index (Phi) is 4.32. The number of anilines is 1. The molecule has 0 saturated carbocycles. The molecule has 7 heteroatoms. The first-order chi connectivity index (χ1) is 9.99. The number of hydrogen-bond acceptors (Lipinski definition) is 5. The van der Waals surface area contributed by atoms with Gasteiger partial charge in [0.05, 0.1) is 4.92 Å². The van der Waals surface area contributed by atoms with Crippen molar-refractivity contribution in [2.24, 2.45) is 0 Å². The molecule has 0 amide bonds. The summed E-state index contributed by atoms with van der Waals surface area (Å²) in [7, 11) is 0. The Balaban J connectivity index is 2.17. The van der Waals surface area contributed by atoms with Gasteiger partial charge in [0.2, 0.25) is 0 Å². The van der Waals surface area contributed by atoms with Crippen LogP contribution in [0.4, 0.5) is 11.5 Å². The molecule has 0 atom stereocenters. The Labute approximate surface area is 121 Å². The van der Waals surface area contributed by atoms with Crippen LogP contribution in [0.3, 0.4) is 0 Å². The quantitative estimate of drug-likeness (QED) is 0.673. The summed E-state index contributed by atoms with van der Waals surface area (Å²) in [6, 6.07) is 6.30.